The monoisotopic (exact) mass is 247 g/mol. The maximum absolute atomic E-state index is 13.1. The Labute approximate surface area is 98.2 Å². The largest absolute Gasteiger partial charge is 0.395 e. The highest BCUT2D eigenvalue weighted by molar-refractivity contribution is 5.24. The Morgan fingerprint density at radius 3 is 2.76 bits per heavy atom. The Kier molecular flexibility index (Phi) is 3.19. The summed E-state index contributed by atoms with van der Waals surface area (Å²) in [5, 5.41) is 3.64. The number of aromatic nitrogens is 1. The minimum Gasteiger partial charge on any atom is -0.365 e. The fourth-order valence-corrected chi connectivity index (χ4v) is 2.52. The first kappa shape index (κ1) is 12.5. The summed E-state index contributed by atoms with van der Waals surface area (Å²) < 4.78 is 44.0. The molecule has 2 nitrogen and oxygen atoms in total. The molecule has 0 spiro atoms. The van der Waals surface area contributed by atoms with Crippen molar-refractivity contribution in [3.63, 3.8) is 0 Å². The van der Waals surface area contributed by atoms with Crippen LogP contribution in [0.2, 0.25) is 0 Å². The fraction of sp³-hybridized carbons (Fsp3) is 0.750. The van der Waals surface area contributed by atoms with E-state index >= 15 is 0 Å². The molecular formula is C12H16F3NO. The van der Waals surface area contributed by atoms with Crippen molar-refractivity contribution in [2.45, 2.75) is 51.1 Å². The molecule has 0 amide bonds. The summed E-state index contributed by atoms with van der Waals surface area (Å²) in [6.45, 7) is 1.99. The van der Waals surface area contributed by atoms with Gasteiger partial charge in [-0.15, -0.1) is 0 Å². The van der Waals surface area contributed by atoms with Crippen molar-refractivity contribution in [1.29, 1.82) is 0 Å². The Hall–Kier alpha value is -1.00. The minimum absolute atomic E-state index is 0.159. The first-order valence-corrected chi connectivity index (χ1v) is 5.98. The van der Waals surface area contributed by atoms with E-state index in [1.807, 2.05) is 6.92 Å². The Morgan fingerprint density at radius 1 is 1.47 bits per heavy atom. The lowest BCUT2D eigenvalue weighted by atomic mass is 9.94. The van der Waals surface area contributed by atoms with Crippen LogP contribution in [0.4, 0.5) is 13.2 Å². The molecule has 1 aliphatic carbocycles. The summed E-state index contributed by atoms with van der Waals surface area (Å²) in [6.07, 6.45) is -0.0178. The van der Waals surface area contributed by atoms with Crippen molar-refractivity contribution in [1.82, 2.24) is 5.16 Å². The summed E-state index contributed by atoms with van der Waals surface area (Å²) in [5.74, 6) is -0.502. The van der Waals surface area contributed by atoms with E-state index < -0.39 is 17.5 Å². The highest BCUT2D eigenvalue weighted by Gasteiger charge is 2.70. The second-order valence-corrected chi connectivity index (χ2v) is 4.79. The number of halogens is 3. The summed E-state index contributed by atoms with van der Waals surface area (Å²) in [5.41, 5.74) is -1.10. The van der Waals surface area contributed by atoms with E-state index in [4.69, 9.17) is 0 Å². The van der Waals surface area contributed by atoms with Crippen LogP contribution in [0.3, 0.4) is 0 Å². The predicted molar refractivity (Wildman–Crippen MR) is 56.5 cm³/mol. The van der Waals surface area contributed by atoms with Gasteiger partial charge in [0.05, 0.1) is 11.1 Å². The van der Waals surface area contributed by atoms with Gasteiger partial charge in [0.25, 0.3) is 0 Å². The van der Waals surface area contributed by atoms with Gasteiger partial charge in [-0.2, -0.15) is 13.2 Å². The van der Waals surface area contributed by atoms with Crippen molar-refractivity contribution in [2.24, 2.45) is 5.41 Å². The molecule has 17 heavy (non-hydrogen) atoms. The van der Waals surface area contributed by atoms with Gasteiger partial charge in [-0.25, -0.2) is 0 Å². The molecule has 1 heterocycles. The second kappa shape index (κ2) is 4.35. The minimum atomic E-state index is -4.13. The SMILES string of the molecule is CCCCCC1(C(F)(F)F)CC1c1ccon1. The molecule has 1 aliphatic rings. The van der Waals surface area contributed by atoms with Crippen LogP contribution in [-0.2, 0) is 0 Å². The lowest BCUT2D eigenvalue weighted by molar-refractivity contribution is -0.191. The second-order valence-electron chi connectivity index (χ2n) is 4.79. The molecule has 2 atom stereocenters. The molecule has 2 rings (SSSR count). The molecular weight excluding hydrogens is 231 g/mol. The predicted octanol–water partition coefficient (Wildman–Crippen LogP) is 4.29. The normalized spacial score (nSPS) is 28.4. The third-order valence-corrected chi connectivity index (χ3v) is 3.68. The van der Waals surface area contributed by atoms with E-state index in [1.54, 1.807) is 0 Å². The summed E-state index contributed by atoms with van der Waals surface area (Å²) in [4.78, 5) is 0. The third-order valence-electron chi connectivity index (χ3n) is 3.68. The fourth-order valence-electron chi connectivity index (χ4n) is 2.52. The van der Waals surface area contributed by atoms with Gasteiger partial charge in [-0.1, -0.05) is 31.3 Å². The van der Waals surface area contributed by atoms with Crippen molar-refractivity contribution in [3.8, 4) is 0 Å². The number of rotatable bonds is 5. The first-order valence-electron chi connectivity index (χ1n) is 5.98. The maximum atomic E-state index is 13.1. The zero-order valence-corrected chi connectivity index (χ0v) is 9.76. The zero-order chi connectivity index (χ0) is 12.5. The van der Waals surface area contributed by atoms with E-state index in [0.29, 0.717) is 12.1 Å². The molecule has 1 aromatic heterocycles. The molecule has 0 aromatic carbocycles. The van der Waals surface area contributed by atoms with Gasteiger partial charge >= 0.3 is 6.18 Å². The van der Waals surface area contributed by atoms with Gasteiger partial charge in [-0.3, -0.25) is 0 Å². The molecule has 1 fully saturated rings. The molecule has 1 saturated carbocycles. The molecule has 5 heteroatoms. The van der Waals surface area contributed by atoms with Gasteiger partial charge in [-0.05, 0) is 12.8 Å². The standard InChI is InChI=1S/C12H16F3NO/c1-2-3-4-6-11(12(13,14)15)8-9(11)10-5-7-17-16-10/h5,7,9H,2-4,6,8H2,1H3. The van der Waals surface area contributed by atoms with E-state index in [0.717, 1.165) is 12.8 Å². The van der Waals surface area contributed by atoms with Gasteiger partial charge in [0, 0.05) is 12.0 Å². The highest BCUT2D eigenvalue weighted by atomic mass is 19.4. The van der Waals surface area contributed by atoms with E-state index in [-0.39, 0.29) is 12.8 Å². The van der Waals surface area contributed by atoms with E-state index in [1.165, 1.54) is 12.3 Å². The third kappa shape index (κ3) is 2.19. The average molecular weight is 247 g/mol. The van der Waals surface area contributed by atoms with Crippen LogP contribution in [0, 0.1) is 5.41 Å². The summed E-state index contributed by atoms with van der Waals surface area (Å²) >= 11 is 0. The Balaban J connectivity index is 2.07. The smallest absolute Gasteiger partial charge is 0.365 e. The maximum Gasteiger partial charge on any atom is 0.395 e. The van der Waals surface area contributed by atoms with Crippen LogP contribution >= 0.6 is 0 Å². The molecule has 0 N–H and O–H groups in total. The molecule has 0 radical (unpaired) electrons. The van der Waals surface area contributed by atoms with Crippen molar-refractivity contribution < 1.29 is 17.7 Å². The van der Waals surface area contributed by atoms with Crippen LogP contribution < -0.4 is 0 Å². The number of nitrogens with zero attached hydrogens (tertiary/aromatic N) is 1. The average Bonchev–Trinajstić information content (AvgIpc) is 2.76. The molecule has 0 saturated heterocycles. The Morgan fingerprint density at radius 2 is 2.24 bits per heavy atom. The lowest BCUT2D eigenvalue weighted by Crippen LogP contribution is -2.26. The Bertz CT molecular complexity index is 360. The highest BCUT2D eigenvalue weighted by Crippen LogP contribution is 2.69. The van der Waals surface area contributed by atoms with Crippen molar-refractivity contribution in [3.05, 3.63) is 18.0 Å². The van der Waals surface area contributed by atoms with Crippen LogP contribution in [-0.4, -0.2) is 11.3 Å². The molecule has 0 aliphatic heterocycles. The quantitative estimate of drug-likeness (QED) is 0.725. The van der Waals surface area contributed by atoms with Crippen LogP contribution in [0.25, 0.3) is 0 Å². The van der Waals surface area contributed by atoms with E-state index in [2.05, 4.69) is 9.68 Å². The van der Waals surface area contributed by atoms with Crippen LogP contribution in [0.15, 0.2) is 16.9 Å². The molecule has 96 valence electrons. The lowest BCUT2D eigenvalue weighted by Gasteiger charge is -2.20. The van der Waals surface area contributed by atoms with Gasteiger partial charge in [0.2, 0.25) is 0 Å². The molecule has 0 bridgehead atoms. The zero-order valence-electron chi connectivity index (χ0n) is 9.76. The van der Waals surface area contributed by atoms with Gasteiger partial charge in [0.15, 0.2) is 0 Å². The summed E-state index contributed by atoms with van der Waals surface area (Å²) in [6, 6.07) is 1.54. The number of unbranched alkanes of at least 4 members (excludes halogenated alkanes) is 2. The van der Waals surface area contributed by atoms with Gasteiger partial charge in [0.1, 0.15) is 6.26 Å². The van der Waals surface area contributed by atoms with Crippen molar-refractivity contribution in [2.75, 3.05) is 0 Å². The molecule has 2 unspecified atom stereocenters. The number of hydrogen-bond acceptors (Lipinski definition) is 2. The van der Waals surface area contributed by atoms with Crippen LogP contribution in [0.5, 0.6) is 0 Å². The topological polar surface area (TPSA) is 26.0 Å². The van der Waals surface area contributed by atoms with Crippen molar-refractivity contribution >= 4 is 0 Å². The summed E-state index contributed by atoms with van der Waals surface area (Å²) in [7, 11) is 0. The number of hydrogen-bond donors (Lipinski definition) is 0. The van der Waals surface area contributed by atoms with E-state index in [9.17, 15) is 13.2 Å². The van der Waals surface area contributed by atoms with Gasteiger partial charge < -0.3 is 4.52 Å². The number of alkyl halides is 3. The van der Waals surface area contributed by atoms with Crippen LogP contribution in [0.1, 0.15) is 50.6 Å². The first-order chi connectivity index (χ1) is 8.01. The molecule has 1 aromatic rings.